The van der Waals surface area contributed by atoms with E-state index in [0.29, 0.717) is 29.7 Å². The average Bonchev–Trinajstić information content (AvgIpc) is 2.95. The third-order valence-corrected chi connectivity index (χ3v) is 3.11. The first-order chi connectivity index (χ1) is 8.75. The maximum atomic E-state index is 12.1. The van der Waals surface area contributed by atoms with Crippen LogP contribution < -0.4 is 5.32 Å². The fraction of sp³-hybridized carbons (Fsp3) is 0.417. The monoisotopic (exact) mass is 246 g/mol. The van der Waals surface area contributed by atoms with Gasteiger partial charge < -0.3 is 9.88 Å². The highest BCUT2D eigenvalue weighted by Gasteiger charge is 2.26. The van der Waals surface area contributed by atoms with Crippen LogP contribution >= 0.6 is 0 Å². The van der Waals surface area contributed by atoms with Gasteiger partial charge in [0.25, 0.3) is 5.91 Å². The van der Waals surface area contributed by atoms with E-state index in [1.165, 1.54) is 0 Å². The molecule has 1 fully saturated rings. The normalized spacial score (nSPS) is 14.7. The summed E-state index contributed by atoms with van der Waals surface area (Å²) in [5.74, 6) is -0.0886. The third-order valence-electron chi connectivity index (χ3n) is 3.11. The minimum absolute atomic E-state index is 0.0886. The Labute approximate surface area is 104 Å². The van der Waals surface area contributed by atoms with Crippen molar-refractivity contribution >= 4 is 5.91 Å². The number of nitrogens with zero attached hydrogens (tertiary/aromatic N) is 3. The van der Waals surface area contributed by atoms with E-state index in [1.807, 2.05) is 22.9 Å². The van der Waals surface area contributed by atoms with Crippen molar-refractivity contribution in [3.8, 4) is 0 Å². The highest BCUT2D eigenvalue weighted by atomic mass is 16.6. The molecule has 0 aromatic carbocycles. The number of nitrogens with one attached hydrogen (secondary N) is 1. The predicted octanol–water partition coefficient (Wildman–Crippen LogP) is 1.44. The summed E-state index contributed by atoms with van der Waals surface area (Å²) in [6.07, 6.45) is 4.26. The molecule has 18 heavy (non-hydrogen) atoms. The van der Waals surface area contributed by atoms with Gasteiger partial charge in [-0.2, -0.15) is 0 Å². The maximum Gasteiger partial charge on any atom is 0.268 e. The van der Waals surface area contributed by atoms with E-state index < -0.39 is 0 Å². The fourth-order valence-electron chi connectivity index (χ4n) is 1.92. The van der Waals surface area contributed by atoms with Crippen molar-refractivity contribution in [1.82, 2.24) is 20.2 Å². The first kappa shape index (κ1) is 11.0. The van der Waals surface area contributed by atoms with E-state index in [1.54, 1.807) is 6.92 Å². The van der Waals surface area contributed by atoms with Crippen LogP contribution in [0.4, 0.5) is 0 Å². The molecule has 0 bridgehead atoms. The molecule has 2 heterocycles. The van der Waals surface area contributed by atoms with Crippen molar-refractivity contribution in [2.24, 2.45) is 0 Å². The topological polar surface area (TPSA) is 73.0 Å². The summed E-state index contributed by atoms with van der Waals surface area (Å²) in [7, 11) is 0. The van der Waals surface area contributed by atoms with Crippen LogP contribution in [0.5, 0.6) is 0 Å². The molecule has 0 unspecified atom stereocenters. The van der Waals surface area contributed by atoms with E-state index in [4.69, 9.17) is 0 Å². The van der Waals surface area contributed by atoms with Gasteiger partial charge >= 0.3 is 0 Å². The van der Waals surface area contributed by atoms with Crippen molar-refractivity contribution in [2.75, 3.05) is 0 Å². The molecule has 1 amide bonds. The summed E-state index contributed by atoms with van der Waals surface area (Å²) in [6.45, 7) is 2.13. The molecule has 0 aliphatic heterocycles. The van der Waals surface area contributed by atoms with E-state index >= 15 is 0 Å². The van der Waals surface area contributed by atoms with E-state index in [9.17, 15) is 4.79 Å². The number of aromatic nitrogens is 3. The molecule has 2 aromatic rings. The Balaban J connectivity index is 1.67. The van der Waals surface area contributed by atoms with Crippen LogP contribution in [-0.4, -0.2) is 20.8 Å². The Kier molecular flexibility index (Phi) is 2.62. The number of aryl methyl sites for hydroxylation is 1. The van der Waals surface area contributed by atoms with Crippen LogP contribution in [0.15, 0.2) is 23.0 Å². The lowest BCUT2D eigenvalue weighted by atomic mass is 10.3. The summed E-state index contributed by atoms with van der Waals surface area (Å²) < 4.78 is 6.61. The van der Waals surface area contributed by atoms with Crippen molar-refractivity contribution in [1.29, 1.82) is 0 Å². The average molecular weight is 246 g/mol. The van der Waals surface area contributed by atoms with Gasteiger partial charge in [-0.1, -0.05) is 10.3 Å². The first-order valence-corrected chi connectivity index (χ1v) is 5.99. The molecular formula is C12H14N4O2. The number of amides is 1. The molecule has 0 saturated heterocycles. The summed E-state index contributed by atoms with van der Waals surface area (Å²) in [5, 5.41) is 10.2. The van der Waals surface area contributed by atoms with Gasteiger partial charge in [-0.15, -0.1) is 0 Å². The van der Waals surface area contributed by atoms with Crippen LogP contribution in [-0.2, 0) is 6.54 Å². The molecule has 6 nitrogen and oxygen atoms in total. The predicted molar refractivity (Wildman–Crippen MR) is 62.9 cm³/mol. The van der Waals surface area contributed by atoms with E-state index in [2.05, 4.69) is 20.3 Å². The molecule has 0 spiro atoms. The molecular weight excluding hydrogens is 232 g/mol. The minimum atomic E-state index is -0.0886. The minimum Gasteiger partial charge on any atom is -0.345 e. The Hall–Kier alpha value is -2.11. The van der Waals surface area contributed by atoms with Crippen molar-refractivity contribution < 1.29 is 9.42 Å². The van der Waals surface area contributed by atoms with E-state index in [-0.39, 0.29) is 5.91 Å². The Morgan fingerprint density at radius 1 is 1.56 bits per heavy atom. The molecule has 1 aliphatic carbocycles. The highest BCUT2D eigenvalue weighted by molar-refractivity contribution is 5.92. The second kappa shape index (κ2) is 4.29. The second-order valence-corrected chi connectivity index (χ2v) is 4.51. The summed E-state index contributed by atoms with van der Waals surface area (Å²) in [4.78, 5) is 12.1. The highest BCUT2D eigenvalue weighted by Crippen LogP contribution is 2.35. The van der Waals surface area contributed by atoms with Crippen LogP contribution in [0.25, 0.3) is 0 Å². The van der Waals surface area contributed by atoms with Gasteiger partial charge in [-0.25, -0.2) is 4.63 Å². The number of carbonyl (C=O) groups is 1. The third kappa shape index (κ3) is 2.01. The van der Waals surface area contributed by atoms with Crippen LogP contribution in [0.3, 0.4) is 0 Å². The number of hydrogen-bond acceptors (Lipinski definition) is 4. The first-order valence-electron chi connectivity index (χ1n) is 5.99. The van der Waals surface area contributed by atoms with Crippen LogP contribution in [0, 0.1) is 6.92 Å². The zero-order chi connectivity index (χ0) is 12.5. The zero-order valence-electron chi connectivity index (χ0n) is 10.1. The van der Waals surface area contributed by atoms with Crippen LogP contribution in [0.1, 0.15) is 40.8 Å². The molecule has 3 rings (SSSR count). The van der Waals surface area contributed by atoms with Gasteiger partial charge in [-0.3, -0.25) is 4.79 Å². The smallest absolute Gasteiger partial charge is 0.268 e. The fourth-order valence-corrected chi connectivity index (χ4v) is 1.92. The number of carbonyl (C=O) groups excluding carboxylic acids is 1. The lowest BCUT2D eigenvalue weighted by Crippen LogP contribution is -2.25. The summed E-state index contributed by atoms with van der Waals surface area (Å²) in [6, 6.07) is 4.23. The maximum absolute atomic E-state index is 12.1. The van der Waals surface area contributed by atoms with Gasteiger partial charge in [0.2, 0.25) is 0 Å². The SMILES string of the molecule is Cc1nonc1CNC(=O)c1cccn1C1CC1. The molecule has 1 aliphatic rings. The molecule has 1 N–H and O–H groups in total. The lowest BCUT2D eigenvalue weighted by Gasteiger charge is -2.07. The van der Waals surface area contributed by atoms with Crippen molar-refractivity contribution in [3.05, 3.63) is 35.4 Å². The van der Waals surface area contributed by atoms with Gasteiger partial charge in [0.05, 0.1) is 6.54 Å². The van der Waals surface area contributed by atoms with Gasteiger partial charge in [0.1, 0.15) is 17.1 Å². The molecule has 0 radical (unpaired) electrons. The molecule has 0 atom stereocenters. The number of hydrogen-bond donors (Lipinski definition) is 1. The largest absolute Gasteiger partial charge is 0.345 e. The van der Waals surface area contributed by atoms with Gasteiger partial charge in [-0.05, 0) is 31.9 Å². The van der Waals surface area contributed by atoms with Crippen molar-refractivity contribution in [2.45, 2.75) is 32.4 Å². The quantitative estimate of drug-likeness (QED) is 0.886. The second-order valence-electron chi connectivity index (χ2n) is 4.51. The standard InChI is InChI=1S/C12H14N4O2/c1-8-10(15-18-14-8)7-13-12(17)11-3-2-6-16(11)9-4-5-9/h2-3,6,9H,4-5,7H2,1H3,(H,13,17). The Bertz CT molecular complexity index is 568. The van der Waals surface area contributed by atoms with Crippen LogP contribution in [0.2, 0.25) is 0 Å². The molecule has 6 heteroatoms. The zero-order valence-corrected chi connectivity index (χ0v) is 10.1. The molecule has 94 valence electrons. The van der Waals surface area contributed by atoms with Crippen molar-refractivity contribution in [3.63, 3.8) is 0 Å². The summed E-state index contributed by atoms with van der Waals surface area (Å²) >= 11 is 0. The number of rotatable bonds is 4. The Morgan fingerprint density at radius 2 is 2.39 bits per heavy atom. The lowest BCUT2D eigenvalue weighted by molar-refractivity contribution is 0.0940. The van der Waals surface area contributed by atoms with Gasteiger partial charge in [0.15, 0.2) is 0 Å². The summed E-state index contributed by atoms with van der Waals surface area (Å²) in [5.41, 5.74) is 2.06. The van der Waals surface area contributed by atoms with Gasteiger partial charge in [0, 0.05) is 12.2 Å². The molecule has 1 saturated carbocycles. The molecule has 2 aromatic heterocycles. The van der Waals surface area contributed by atoms with E-state index in [0.717, 1.165) is 12.8 Å². The Morgan fingerprint density at radius 3 is 3.06 bits per heavy atom.